The fourth-order valence-corrected chi connectivity index (χ4v) is 2.95. The van der Waals surface area contributed by atoms with Crippen molar-refractivity contribution >= 4 is 23.5 Å². The normalized spacial score (nSPS) is 11.4. The number of amides is 2. The maximum absolute atomic E-state index is 12.8. The zero-order chi connectivity index (χ0) is 21.9. The Balaban J connectivity index is 1.98. The van der Waals surface area contributed by atoms with E-state index < -0.39 is 12.0 Å². The van der Waals surface area contributed by atoms with Crippen molar-refractivity contribution in [3.05, 3.63) is 65.7 Å². The molecule has 1 atom stereocenters. The van der Waals surface area contributed by atoms with E-state index in [0.29, 0.717) is 13.0 Å². The summed E-state index contributed by atoms with van der Waals surface area (Å²) < 4.78 is 0. The van der Waals surface area contributed by atoms with Crippen LogP contribution in [-0.2, 0) is 27.3 Å². The molecule has 0 unspecified atom stereocenters. The van der Waals surface area contributed by atoms with Gasteiger partial charge in [-0.05, 0) is 29.7 Å². The van der Waals surface area contributed by atoms with Gasteiger partial charge in [-0.2, -0.15) is 0 Å². The fraction of sp³-hybridized carbons (Fsp3) is 0.348. The van der Waals surface area contributed by atoms with Gasteiger partial charge in [0.2, 0.25) is 11.8 Å². The van der Waals surface area contributed by atoms with Gasteiger partial charge in [0.25, 0.3) is 0 Å². The van der Waals surface area contributed by atoms with Gasteiger partial charge < -0.3 is 20.6 Å². The Kier molecular flexibility index (Phi) is 8.87. The first-order chi connectivity index (χ1) is 14.3. The summed E-state index contributed by atoms with van der Waals surface area (Å²) in [4.78, 5) is 37.6. The van der Waals surface area contributed by atoms with E-state index in [-0.39, 0.29) is 31.1 Å². The van der Waals surface area contributed by atoms with E-state index in [1.54, 1.807) is 0 Å². The quantitative estimate of drug-likeness (QED) is 0.527. The Bertz CT molecular complexity index is 835. The lowest BCUT2D eigenvalue weighted by Crippen LogP contribution is -2.47. The van der Waals surface area contributed by atoms with E-state index in [9.17, 15) is 14.4 Å². The number of hydrogen-bond donors (Lipinski definition) is 3. The molecule has 0 fully saturated rings. The number of hydrogen-bond acceptors (Lipinski definition) is 4. The minimum Gasteiger partial charge on any atom is -0.481 e. The van der Waals surface area contributed by atoms with Gasteiger partial charge in [0.15, 0.2) is 0 Å². The molecule has 2 rings (SSSR count). The summed E-state index contributed by atoms with van der Waals surface area (Å²) in [7, 11) is 3.92. The second kappa shape index (κ2) is 11.6. The highest BCUT2D eigenvalue weighted by atomic mass is 16.4. The number of rotatable bonds is 11. The van der Waals surface area contributed by atoms with Crippen molar-refractivity contribution in [2.45, 2.75) is 38.3 Å². The minimum atomic E-state index is -0.943. The molecule has 0 aliphatic carbocycles. The second-order valence-corrected chi connectivity index (χ2v) is 7.34. The minimum absolute atomic E-state index is 0.0663. The third-order valence-electron chi connectivity index (χ3n) is 4.65. The topological polar surface area (TPSA) is 98.7 Å². The van der Waals surface area contributed by atoms with E-state index in [2.05, 4.69) is 10.6 Å². The molecule has 0 bridgehead atoms. The SMILES string of the molecule is CN(C)c1ccc(CNC(=O)[C@@H](Cc2ccccc2)NC(=O)CCCC(=O)O)cc1. The number of carboxylic acids is 1. The van der Waals surface area contributed by atoms with Crippen LogP contribution in [0.15, 0.2) is 54.6 Å². The first-order valence-corrected chi connectivity index (χ1v) is 9.94. The highest BCUT2D eigenvalue weighted by molar-refractivity contribution is 5.88. The predicted molar refractivity (Wildman–Crippen MR) is 116 cm³/mol. The van der Waals surface area contributed by atoms with Crippen LogP contribution in [-0.4, -0.2) is 43.0 Å². The molecule has 3 N–H and O–H groups in total. The standard InChI is InChI=1S/C23H29N3O4/c1-26(2)19-13-11-18(12-14-19)16-24-23(30)20(15-17-7-4-3-5-8-17)25-21(27)9-6-10-22(28)29/h3-5,7-8,11-14,20H,6,9-10,15-16H2,1-2H3,(H,24,30)(H,25,27)(H,28,29)/t20-/m1/s1. The summed E-state index contributed by atoms with van der Waals surface area (Å²) in [6.07, 6.45) is 0.582. The molecule has 0 radical (unpaired) electrons. The molecule has 2 aromatic carbocycles. The first-order valence-electron chi connectivity index (χ1n) is 9.94. The van der Waals surface area contributed by atoms with Gasteiger partial charge in [0.1, 0.15) is 6.04 Å². The molecule has 0 saturated heterocycles. The van der Waals surface area contributed by atoms with Crippen LogP contribution in [0.2, 0.25) is 0 Å². The molecule has 160 valence electrons. The van der Waals surface area contributed by atoms with Gasteiger partial charge in [0.05, 0.1) is 0 Å². The Morgan fingerprint density at radius 3 is 2.20 bits per heavy atom. The molecule has 7 nitrogen and oxygen atoms in total. The average molecular weight is 412 g/mol. The van der Waals surface area contributed by atoms with E-state index in [4.69, 9.17) is 5.11 Å². The molecule has 0 aliphatic heterocycles. The largest absolute Gasteiger partial charge is 0.481 e. The third-order valence-corrected chi connectivity index (χ3v) is 4.65. The number of nitrogens with zero attached hydrogens (tertiary/aromatic N) is 1. The summed E-state index contributed by atoms with van der Waals surface area (Å²) in [6.45, 7) is 0.354. The van der Waals surface area contributed by atoms with Crippen molar-refractivity contribution in [2.75, 3.05) is 19.0 Å². The van der Waals surface area contributed by atoms with E-state index in [0.717, 1.165) is 16.8 Å². The van der Waals surface area contributed by atoms with Crippen molar-refractivity contribution in [3.63, 3.8) is 0 Å². The van der Waals surface area contributed by atoms with Gasteiger partial charge >= 0.3 is 5.97 Å². The van der Waals surface area contributed by atoms with Crippen molar-refractivity contribution < 1.29 is 19.5 Å². The van der Waals surface area contributed by atoms with Crippen LogP contribution >= 0.6 is 0 Å². The van der Waals surface area contributed by atoms with Crippen LogP contribution in [0, 0.1) is 0 Å². The van der Waals surface area contributed by atoms with Gasteiger partial charge in [-0.15, -0.1) is 0 Å². The number of aliphatic carboxylic acids is 1. The van der Waals surface area contributed by atoms with E-state index in [1.165, 1.54) is 0 Å². The lowest BCUT2D eigenvalue weighted by atomic mass is 10.0. The lowest BCUT2D eigenvalue weighted by molar-refractivity contribution is -0.137. The van der Waals surface area contributed by atoms with Crippen LogP contribution in [0.3, 0.4) is 0 Å². The van der Waals surface area contributed by atoms with Crippen LogP contribution in [0.25, 0.3) is 0 Å². The van der Waals surface area contributed by atoms with Crippen molar-refractivity contribution in [3.8, 4) is 0 Å². The molecule has 0 spiro atoms. The first kappa shape index (κ1) is 22.9. The van der Waals surface area contributed by atoms with Crippen LogP contribution in [0.4, 0.5) is 5.69 Å². The summed E-state index contributed by atoms with van der Waals surface area (Å²) in [6, 6.07) is 16.6. The van der Waals surface area contributed by atoms with Crippen LogP contribution in [0.5, 0.6) is 0 Å². The highest BCUT2D eigenvalue weighted by Crippen LogP contribution is 2.12. The summed E-state index contributed by atoms with van der Waals surface area (Å²) in [5.74, 6) is -1.55. The molecule has 7 heteroatoms. The molecule has 0 heterocycles. The number of anilines is 1. The maximum Gasteiger partial charge on any atom is 0.303 e. The number of carbonyl (C=O) groups is 3. The highest BCUT2D eigenvalue weighted by Gasteiger charge is 2.21. The van der Waals surface area contributed by atoms with Gasteiger partial charge in [-0.3, -0.25) is 14.4 Å². The van der Waals surface area contributed by atoms with Crippen molar-refractivity contribution in [1.82, 2.24) is 10.6 Å². The Labute approximate surface area is 177 Å². The van der Waals surface area contributed by atoms with Crippen LogP contribution < -0.4 is 15.5 Å². The van der Waals surface area contributed by atoms with E-state index >= 15 is 0 Å². The number of benzene rings is 2. The van der Waals surface area contributed by atoms with Crippen LogP contribution in [0.1, 0.15) is 30.4 Å². The van der Waals surface area contributed by atoms with Gasteiger partial charge in [0, 0.05) is 45.6 Å². The third kappa shape index (κ3) is 7.95. The van der Waals surface area contributed by atoms with Crippen molar-refractivity contribution in [2.24, 2.45) is 0 Å². The fourth-order valence-electron chi connectivity index (χ4n) is 2.95. The summed E-state index contributed by atoms with van der Waals surface area (Å²) in [5.41, 5.74) is 2.96. The molecular weight excluding hydrogens is 382 g/mol. The van der Waals surface area contributed by atoms with E-state index in [1.807, 2.05) is 73.6 Å². The number of carboxylic acid groups (broad SMARTS) is 1. The summed E-state index contributed by atoms with van der Waals surface area (Å²) >= 11 is 0. The molecular formula is C23H29N3O4. The Hall–Kier alpha value is -3.35. The van der Waals surface area contributed by atoms with Gasteiger partial charge in [-0.1, -0.05) is 42.5 Å². The van der Waals surface area contributed by atoms with Crippen molar-refractivity contribution in [1.29, 1.82) is 0 Å². The predicted octanol–water partition coefficient (Wildman–Crippen LogP) is 2.35. The maximum atomic E-state index is 12.8. The summed E-state index contributed by atoms with van der Waals surface area (Å²) in [5, 5.41) is 14.4. The number of carbonyl (C=O) groups excluding carboxylic acids is 2. The second-order valence-electron chi connectivity index (χ2n) is 7.34. The zero-order valence-corrected chi connectivity index (χ0v) is 17.4. The Morgan fingerprint density at radius 2 is 1.60 bits per heavy atom. The molecule has 30 heavy (non-hydrogen) atoms. The smallest absolute Gasteiger partial charge is 0.303 e. The Morgan fingerprint density at radius 1 is 0.933 bits per heavy atom. The number of nitrogens with one attached hydrogen (secondary N) is 2. The molecule has 2 aromatic rings. The monoisotopic (exact) mass is 411 g/mol. The zero-order valence-electron chi connectivity index (χ0n) is 17.4. The average Bonchev–Trinajstić information content (AvgIpc) is 2.72. The molecule has 2 amide bonds. The lowest BCUT2D eigenvalue weighted by Gasteiger charge is -2.19. The van der Waals surface area contributed by atoms with Gasteiger partial charge in [-0.25, -0.2) is 0 Å². The molecule has 0 saturated carbocycles. The molecule has 0 aromatic heterocycles. The molecule has 0 aliphatic rings.